The van der Waals surface area contributed by atoms with Crippen LogP contribution in [0.15, 0.2) is 120 Å². The molecule has 7 aromatic rings. The van der Waals surface area contributed by atoms with Crippen LogP contribution in [0.25, 0.3) is 66.1 Å². The molecule has 0 N–H and O–H groups in total. The van der Waals surface area contributed by atoms with Gasteiger partial charge in [-0.1, -0.05) is 53.7 Å². The van der Waals surface area contributed by atoms with E-state index in [1.807, 2.05) is 38.6 Å². The van der Waals surface area contributed by atoms with Crippen LogP contribution < -0.4 is 0 Å². The van der Waals surface area contributed by atoms with Crippen molar-refractivity contribution in [3.63, 3.8) is 0 Å². The normalized spacial score (nSPS) is 11.3. The highest BCUT2D eigenvalue weighted by Crippen LogP contribution is 2.46. The maximum Gasteiger partial charge on any atom is 0.141 e. The Kier molecular flexibility index (Phi) is 5.52. The second-order valence-corrected chi connectivity index (χ2v) is 9.81. The van der Waals surface area contributed by atoms with Gasteiger partial charge in [-0.15, -0.1) is 0 Å². The molecule has 0 saturated heterocycles. The minimum atomic E-state index is 0.829. The molecule has 39 heavy (non-hydrogen) atoms. The molecule has 4 nitrogen and oxygen atoms in total. The summed E-state index contributed by atoms with van der Waals surface area (Å²) in [5.74, 6) is 0.829. The smallest absolute Gasteiger partial charge is 0.141 e. The second kappa shape index (κ2) is 9.34. The first-order chi connectivity index (χ1) is 19.2. The molecular weight excluding hydrogens is 478 g/mol. The van der Waals surface area contributed by atoms with Crippen molar-refractivity contribution in [2.45, 2.75) is 13.8 Å². The summed E-state index contributed by atoms with van der Waals surface area (Å²) in [6.45, 7) is 4.01. The predicted octanol–water partition coefficient (Wildman–Crippen LogP) is 9.06. The van der Waals surface area contributed by atoms with Crippen LogP contribution in [0.4, 0.5) is 0 Å². The number of hydrogen-bond donors (Lipinski definition) is 0. The van der Waals surface area contributed by atoms with E-state index in [-0.39, 0.29) is 0 Å². The molecule has 0 bridgehead atoms. The van der Waals surface area contributed by atoms with E-state index in [1.54, 1.807) is 0 Å². The van der Waals surface area contributed by atoms with Crippen molar-refractivity contribution >= 4 is 21.5 Å². The summed E-state index contributed by atoms with van der Waals surface area (Å²) in [4.78, 5) is 8.48. The number of rotatable bonds is 4. The summed E-state index contributed by atoms with van der Waals surface area (Å²) in [5.41, 5.74) is 10.0. The maximum atomic E-state index is 5.63. The quantitative estimate of drug-likeness (QED) is 0.225. The van der Waals surface area contributed by atoms with Crippen LogP contribution >= 0.6 is 0 Å². The first kappa shape index (κ1) is 23.1. The number of hydrogen-bond acceptors (Lipinski definition) is 4. The summed E-state index contributed by atoms with van der Waals surface area (Å²) in [6, 6.07) is 32.4. The van der Waals surface area contributed by atoms with Crippen molar-refractivity contribution in [2.24, 2.45) is 0 Å². The maximum absolute atomic E-state index is 5.63. The molecule has 3 aromatic heterocycles. The Morgan fingerprint density at radius 1 is 0.462 bits per heavy atom. The molecule has 0 unspecified atom stereocenters. The minimum absolute atomic E-state index is 0.829. The molecule has 0 aliphatic carbocycles. The standard InChI is InChI=1S/C35H25N3O/c1-22-33(23(2)39-38-22)35-31-9-5-3-7-29(31)34(30-8-4-6-10-32(30)35)28-20-26(24-11-15-36-16-12-24)19-27(21-28)25-13-17-37-18-14-25/h3-21H,1-2H3. The van der Waals surface area contributed by atoms with Gasteiger partial charge in [0.25, 0.3) is 0 Å². The minimum Gasteiger partial charge on any atom is -0.361 e. The first-order valence-electron chi connectivity index (χ1n) is 13.0. The number of fused-ring (bicyclic) bond motifs is 2. The molecule has 7 rings (SSSR count). The van der Waals surface area contributed by atoms with E-state index in [2.05, 4.69) is 106 Å². The third-order valence-corrected chi connectivity index (χ3v) is 7.46. The van der Waals surface area contributed by atoms with E-state index in [0.717, 1.165) is 44.8 Å². The lowest BCUT2D eigenvalue weighted by Gasteiger charge is -2.19. The van der Waals surface area contributed by atoms with Crippen LogP contribution in [-0.4, -0.2) is 15.1 Å². The van der Waals surface area contributed by atoms with Gasteiger partial charge in [0.2, 0.25) is 0 Å². The second-order valence-electron chi connectivity index (χ2n) is 9.81. The summed E-state index contributed by atoms with van der Waals surface area (Å²) in [5, 5.41) is 9.04. The largest absolute Gasteiger partial charge is 0.361 e. The molecule has 0 radical (unpaired) electrons. The molecule has 4 heteroatoms. The van der Waals surface area contributed by atoms with Crippen molar-refractivity contribution in [1.82, 2.24) is 15.1 Å². The van der Waals surface area contributed by atoms with E-state index in [4.69, 9.17) is 4.52 Å². The van der Waals surface area contributed by atoms with Crippen molar-refractivity contribution in [1.29, 1.82) is 0 Å². The number of nitrogens with zero attached hydrogens (tertiary/aromatic N) is 3. The Morgan fingerprint density at radius 2 is 0.897 bits per heavy atom. The van der Waals surface area contributed by atoms with E-state index in [0.29, 0.717) is 0 Å². The monoisotopic (exact) mass is 503 g/mol. The summed E-state index contributed by atoms with van der Waals surface area (Å²) >= 11 is 0. The highest BCUT2D eigenvalue weighted by molar-refractivity contribution is 6.22. The van der Waals surface area contributed by atoms with E-state index < -0.39 is 0 Å². The van der Waals surface area contributed by atoms with Gasteiger partial charge in [-0.25, -0.2) is 0 Å². The Labute approximate surface area is 226 Å². The molecule has 0 aliphatic rings. The van der Waals surface area contributed by atoms with E-state index in [1.165, 1.54) is 32.7 Å². The van der Waals surface area contributed by atoms with Crippen molar-refractivity contribution in [3.8, 4) is 44.5 Å². The zero-order chi connectivity index (χ0) is 26.3. The van der Waals surface area contributed by atoms with Crippen LogP contribution in [0.2, 0.25) is 0 Å². The van der Waals surface area contributed by atoms with Crippen molar-refractivity contribution < 1.29 is 4.52 Å². The summed E-state index contributed by atoms with van der Waals surface area (Å²) in [7, 11) is 0. The van der Waals surface area contributed by atoms with Crippen LogP contribution in [-0.2, 0) is 0 Å². The zero-order valence-electron chi connectivity index (χ0n) is 21.7. The lowest BCUT2D eigenvalue weighted by atomic mass is 9.84. The van der Waals surface area contributed by atoms with E-state index in [9.17, 15) is 0 Å². The highest BCUT2D eigenvalue weighted by atomic mass is 16.5. The Bertz CT molecular complexity index is 1840. The molecule has 0 atom stereocenters. The van der Waals surface area contributed by atoms with Gasteiger partial charge in [0.15, 0.2) is 0 Å². The third kappa shape index (κ3) is 3.89. The number of pyridine rings is 2. The molecular formula is C35H25N3O. The first-order valence-corrected chi connectivity index (χ1v) is 13.0. The van der Waals surface area contributed by atoms with Crippen LogP contribution in [0.5, 0.6) is 0 Å². The van der Waals surface area contributed by atoms with Gasteiger partial charge in [0, 0.05) is 35.9 Å². The van der Waals surface area contributed by atoms with Crippen molar-refractivity contribution in [3.05, 3.63) is 127 Å². The fourth-order valence-electron chi connectivity index (χ4n) is 5.74. The van der Waals surface area contributed by atoms with Gasteiger partial charge < -0.3 is 4.52 Å². The van der Waals surface area contributed by atoms with E-state index >= 15 is 0 Å². The molecule has 186 valence electrons. The summed E-state index contributed by atoms with van der Waals surface area (Å²) in [6.07, 6.45) is 7.38. The van der Waals surface area contributed by atoms with Gasteiger partial charge in [0.05, 0.1) is 5.69 Å². The Morgan fingerprint density at radius 3 is 1.33 bits per heavy atom. The van der Waals surface area contributed by atoms with Gasteiger partial charge in [-0.05, 0) is 111 Å². The predicted molar refractivity (Wildman–Crippen MR) is 158 cm³/mol. The summed E-state index contributed by atoms with van der Waals surface area (Å²) < 4.78 is 5.63. The highest BCUT2D eigenvalue weighted by Gasteiger charge is 2.21. The molecule has 3 heterocycles. The van der Waals surface area contributed by atoms with Gasteiger partial charge in [-0.2, -0.15) is 0 Å². The molecule has 0 spiro atoms. The average molecular weight is 504 g/mol. The molecule has 0 saturated carbocycles. The van der Waals surface area contributed by atoms with Gasteiger partial charge in [0.1, 0.15) is 5.76 Å². The fourth-order valence-corrected chi connectivity index (χ4v) is 5.74. The van der Waals surface area contributed by atoms with Gasteiger partial charge in [-0.3, -0.25) is 9.97 Å². The van der Waals surface area contributed by atoms with Crippen LogP contribution in [0.1, 0.15) is 11.5 Å². The zero-order valence-corrected chi connectivity index (χ0v) is 21.7. The van der Waals surface area contributed by atoms with Gasteiger partial charge >= 0.3 is 0 Å². The molecule has 0 amide bonds. The lowest BCUT2D eigenvalue weighted by molar-refractivity contribution is 0.393. The molecule has 0 fully saturated rings. The van der Waals surface area contributed by atoms with Crippen LogP contribution in [0, 0.1) is 13.8 Å². The third-order valence-electron chi connectivity index (χ3n) is 7.46. The molecule has 0 aliphatic heterocycles. The SMILES string of the molecule is Cc1noc(C)c1-c1c2ccccc2c(-c2cc(-c3ccncc3)cc(-c3ccncc3)c2)c2ccccc12. The van der Waals surface area contributed by atoms with Crippen molar-refractivity contribution in [2.75, 3.05) is 0 Å². The number of aryl methyl sites for hydroxylation is 2. The van der Waals surface area contributed by atoms with Crippen LogP contribution in [0.3, 0.4) is 0 Å². The topological polar surface area (TPSA) is 51.8 Å². The average Bonchev–Trinajstić information content (AvgIpc) is 3.33. The Balaban J connectivity index is 1.61. The molecule has 4 aromatic carbocycles. The number of benzene rings is 4. The number of aromatic nitrogens is 3. The Hall–Kier alpha value is -5.09. The fraction of sp³-hybridized carbons (Fsp3) is 0.0571. The lowest BCUT2D eigenvalue weighted by Crippen LogP contribution is -1.93.